The summed E-state index contributed by atoms with van der Waals surface area (Å²) in [5, 5.41) is 0. The molecule has 1 N–H and O–H groups in total. The Morgan fingerprint density at radius 2 is 2.11 bits per heavy atom. The predicted molar refractivity (Wildman–Crippen MR) is 68.4 cm³/mol. The second kappa shape index (κ2) is 4.76. The molecule has 6 nitrogen and oxygen atoms in total. The SMILES string of the molecule is Cc1[nH]c(=O)sc1S(=O)(=O)N1CC(C)OCC1C. The first-order valence-electron chi connectivity index (χ1n) is 5.65. The van der Waals surface area contributed by atoms with Gasteiger partial charge in [0.25, 0.3) is 10.0 Å². The number of hydrogen-bond acceptors (Lipinski definition) is 5. The van der Waals surface area contributed by atoms with E-state index in [9.17, 15) is 13.2 Å². The minimum atomic E-state index is -3.61. The van der Waals surface area contributed by atoms with Gasteiger partial charge in [-0.3, -0.25) is 4.79 Å². The molecule has 0 saturated carbocycles. The summed E-state index contributed by atoms with van der Waals surface area (Å²) in [6, 6.07) is -0.220. The highest BCUT2D eigenvalue weighted by Gasteiger charge is 2.36. The molecule has 0 bridgehead atoms. The molecular formula is C10H16N2O4S2. The summed E-state index contributed by atoms with van der Waals surface area (Å²) in [5.41, 5.74) is 0.399. The van der Waals surface area contributed by atoms with Crippen LogP contribution >= 0.6 is 11.3 Å². The molecule has 1 aliphatic heterocycles. The number of aryl methyl sites for hydroxylation is 1. The Morgan fingerprint density at radius 1 is 1.44 bits per heavy atom. The van der Waals surface area contributed by atoms with Crippen LogP contribution in [0.1, 0.15) is 19.5 Å². The zero-order valence-corrected chi connectivity index (χ0v) is 12.1. The third kappa shape index (κ3) is 2.37. The van der Waals surface area contributed by atoms with Gasteiger partial charge in [0.15, 0.2) is 4.21 Å². The fraction of sp³-hybridized carbons (Fsp3) is 0.700. The maximum atomic E-state index is 12.5. The highest BCUT2D eigenvalue weighted by molar-refractivity contribution is 7.91. The van der Waals surface area contributed by atoms with E-state index in [0.717, 1.165) is 11.3 Å². The maximum Gasteiger partial charge on any atom is 0.305 e. The average Bonchev–Trinajstić information content (AvgIpc) is 2.62. The number of nitrogens with one attached hydrogen (secondary N) is 1. The van der Waals surface area contributed by atoms with E-state index in [1.54, 1.807) is 13.8 Å². The number of ether oxygens (including phenoxy) is 1. The van der Waals surface area contributed by atoms with Crippen LogP contribution in [-0.2, 0) is 14.8 Å². The molecule has 1 aromatic rings. The number of morpholine rings is 1. The largest absolute Gasteiger partial charge is 0.375 e. The molecule has 18 heavy (non-hydrogen) atoms. The minimum absolute atomic E-state index is 0.105. The monoisotopic (exact) mass is 292 g/mol. The second-order valence-corrected chi connectivity index (χ2v) is 7.56. The van der Waals surface area contributed by atoms with Crippen LogP contribution < -0.4 is 4.87 Å². The zero-order chi connectivity index (χ0) is 13.5. The standard InChI is InChI=1S/C10H16N2O4S2/c1-6-5-16-7(2)4-12(6)18(14,15)9-8(3)11-10(13)17-9/h6-7H,4-5H2,1-3H3,(H,11,13). The fourth-order valence-electron chi connectivity index (χ4n) is 1.95. The van der Waals surface area contributed by atoms with E-state index in [-0.39, 0.29) is 21.2 Å². The molecule has 0 spiro atoms. The maximum absolute atomic E-state index is 12.5. The van der Waals surface area contributed by atoms with Gasteiger partial charge in [-0.1, -0.05) is 11.3 Å². The van der Waals surface area contributed by atoms with Crippen LogP contribution in [0.25, 0.3) is 0 Å². The topological polar surface area (TPSA) is 79.5 Å². The van der Waals surface area contributed by atoms with Crippen molar-refractivity contribution < 1.29 is 13.2 Å². The number of hydrogen-bond donors (Lipinski definition) is 1. The zero-order valence-electron chi connectivity index (χ0n) is 10.5. The summed E-state index contributed by atoms with van der Waals surface area (Å²) >= 11 is 0.737. The van der Waals surface area contributed by atoms with Crippen molar-refractivity contribution in [2.45, 2.75) is 37.1 Å². The molecule has 1 fully saturated rings. The molecule has 1 aromatic heterocycles. The van der Waals surface area contributed by atoms with Crippen molar-refractivity contribution in [1.29, 1.82) is 0 Å². The van der Waals surface area contributed by atoms with Gasteiger partial charge in [0.2, 0.25) is 0 Å². The van der Waals surface area contributed by atoms with Gasteiger partial charge in [-0.05, 0) is 20.8 Å². The molecule has 2 rings (SSSR count). The van der Waals surface area contributed by atoms with E-state index in [2.05, 4.69) is 4.98 Å². The van der Waals surface area contributed by atoms with Crippen molar-refractivity contribution in [1.82, 2.24) is 9.29 Å². The van der Waals surface area contributed by atoms with Crippen molar-refractivity contribution >= 4 is 21.4 Å². The number of aromatic amines is 1. The van der Waals surface area contributed by atoms with Crippen molar-refractivity contribution in [3.63, 3.8) is 0 Å². The fourth-order valence-corrected chi connectivity index (χ4v) is 5.05. The quantitative estimate of drug-likeness (QED) is 0.863. The normalized spacial score (nSPS) is 26.4. The lowest BCUT2D eigenvalue weighted by molar-refractivity contribution is -0.0170. The molecule has 0 aliphatic carbocycles. The first-order valence-corrected chi connectivity index (χ1v) is 7.91. The van der Waals surface area contributed by atoms with Crippen molar-refractivity contribution in [2.24, 2.45) is 0 Å². The van der Waals surface area contributed by atoms with Crippen LogP contribution in [0.15, 0.2) is 9.00 Å². The van der Waals surface area contributed by atoms with E-state index in [1.165, 1.54) is 4.31 Å². The van der Waals surface area contributed by atoms with Crippen LogP contribution in [0.2, 0.25) is 0 Å². The predicted octanol–water partition coefficient (Wildman–Crippen LogP) is 0.543. The Kier molecular flexibility index (Phi) is 3.63. The highest BCUT2D eigenvalue weighted by atomic mass is 32.2. The van der Waals surface area contributed by atoms with Crippen molar-refractivity contribution in [2.75, 3.05) is 13.2 Å². The van der Waals surface area contributed by atoms with E-state index in [1.807, 2.05) is 6.92 Å². The molecule has 0 radical (unpaired) electrons. The smallest absolute Gasteiger partial charge is 0.305 e. The lowest BCUT2D eigenvalue weighted by atomic mass is 10.2. The van der Waals surface area contributed by atoms with Gasteiger partial charge in [-0.2, -0.15) is 4.31 Å². The number of rotatable bonds is 2. The van der Waals surface area contributed by atoms with Gasteiger partial charge in [0.05, 0.1) is 12.7 Å². The average molecular weight is 292 g/mol. The highest BCUT2D eigenvalue weighted by Crippen LogP contribution is 2.25. The lowest BCUT2D eigenvalue weighted by Gasteiger charge is -2.35. The van der Waals surface area contributed by atoms with Crippen molar-refractivity contribution in [3.8, 4) is 0 Å². The number of H-pyrrole nitrogens is 1. The summed E-state index contributed by atoms with van der Waals surface area (Å²) in [6.45, 7) is 5.92. The van der Waals surface area contributed by atoms with Gasteiger partial charge < -0.3 is 9.72 Å². The summed E-state index contributed by atoms with van der Waals surface area (Å²) < 4.78 is 31.9. The third-order valence-electron chi connectivity index (χ3n) is 2.87. The second-order valence-electron chi connectivity index (χ2n) is 4.49. The molecule has 1 aliphatic rings. The summed E-state index contributed by atoms with van der Waals surface area (Å²) in [6.07, 6.45) is -0.132. The van der Waals surface area contributed by atoms with E-state index < -0.39 is 10.0 Å². The van der Waals surface area contributed by atoms with Crippen LogP contribution in [0.5, 0.6) is 0 Å². The molecule has 8 heteroatoms. The Balaban J connectivity index is 2.42. The van der Waals surface area contributed by atoms with Gasteiger partial charge in [-0.15, -0.1) is 0 Å². The third-order valence-corrected chi connectivity index (χ3v) is 6.44. The number of thiazole rings is 1. The Labute approximate surface area is 110 Å². The number of aromatic nitrogens is 1. The Morgan fingerprint density at radius 3 is 2.67 bits per heavy atom. The lowest BCUT2D eigenvalue weighted by Crippen LogP contribution is -2.50. The molecule has 0 amide bonds. The van der Waals surface area contributed by atoms with Gasteiger partial charge >= 0.3 is 4.87 Å². The number of sulfonamides is 1. The first-order chi connectivity index (χ1) is 8.32. The Hall–Kier alpha value is -0.700. The van der Waals surface area contributed by atoms with E-state index in [0.29, 0.717) is 18.8 Å². The van der Waals surface area contributed by atoms with E-state index in [4.69, 9.17) is 4.74 Å². The van der Waals surface area contributed by atoms with Gasteiger partial charge in [0, 0.05) is 18.3 Å². The molecule has 2 heterocycles. The molecular weight excluding hydrogens is 276 g/mol. The first kappa shape index (κ1) is 13.7. The number of nitrogens with zero attached hydrogens (tertiary/aromatic N) is 1. The summed E-state index contributed by atoms with van der Waals surface area (Å²) in [7, 11) is -3.61. The van der Waals surface area contributed by atoms with Crippen LogP contribution in [0.4, 0.5) is 0 Å². The van der Waals surface area contributed by atoms with Gasteiger partial charge in [-0.25, -0.2) is 8.42 Å². The summed E-state index contributed by atoms with van der Waals surface area (Å²) in [4.78, 5) is 13.4. The molecule has 2 atom stereocenters. The van der Waals surface area contributed by atoms with Gasteiger partial charge in [0.1, 0.15) is 0 Å². The summed E-state index contributed by atoms with van der Waals surface area (Å²) in [5.74, 6) is 0. The van der Waals surface area contributed by atoms with Crippen LogP contribution in [-0.4, -0.2) is 43.0 Å². The molecule has 102 valence electrons. The van der Waals surface area contributed by atoms with Crippen LogP contribution in [0, 0.1) is 6.92 Å². The van der Waals surface area contributed by atoms with E-state index >= 15 is 0 Å². The van der Waals surface area contributed by atoms with Crippen molar-refractivity contribution in [3.05, 3.63) is 15.4 Å². The molecule has 2 unspecified atom stereocenters. The minimum Gasteiger partial charge on any atom is -0.375 e. The molecule has 1 saturated heterocycles. The Bertz CT molecular complexity index is 589. The van der Waals surface area contributed by atoms with Crippen LogP contribution in [0.3, 0.4) is 0 Å². The molecule has 0 aromatic carbocycles.